The minimum absolute atomic E-state index is 0.0240. The molecule has 0 atom stereocenters. The van der Waals surface area contributed by atoms with E-state index < -0.39 is 5.41 Å². The number of carbonyl (C=O) groups is 2. The molecule has 2 rings (SSSR count). The molecule has 1 aromatic rings. The second-order valence-electron chi connectivity index (χ2n) is 6.79. The van der Waals surface area contributed by atoms with Crippen molar-refractivity contribution in [3.05, 3.63) is 29.8 Å². The van der Waals surface area contributed by atoms with Gasteiger partial charge in [0.05, 0.1) is 6.10 Å². The zero-order valence-corrected chi connectivity index (χ0v) is 14.1. The highest BCUT2D eigenvalue weighted by Crippen LogP contribution is 2.23. The Kier molecular flexibility index (Phi) is 5.42. The van der Waals surface area contributed by atoms with E-state index in [1.807, 2.05) is 20.8 Å². The van der Waals surface area contributed by atoms with E-state index >= 15 is 0 Å². The van der Waals surface area contributed by atoms with Gasteiger partial charge in [-0.25, -0.2) is 0 Å². The summed E-state index contributed by atoms with van der Waals surface area (Å²) in [6.07, 6.45) is 1.73. The number of hydrogen-bond donors (Lipinski definition) is 2. The van der Waals surface area contributed by atoms with Gasteiger partial charge in [-0.15, -0.1) is 0 Å². The van der Waals surface area contributed by atoms with Crippen LogP contribution in [-0.4, -0.2) is 41.0 Å². The van der Waals surface area contributed by atoms with Gasteiger partial charge in [-0.1, -0.05) is 20.8 Å². The summed E-state index contributed by atoms with van der Waals surface area (Å²) in [7, 11) is 0. The minimum Gasteiger partial charge on any atom is -0.393 e. The summed E-state index contributed by atoms with van der Waals surface area (Å²) >= 11 is 0. The van der Waals surface area contributed by atoms with Gasteiger partial charge in [-0.05, 0) is 43.5 Å². The maximum Gasteiger partial charge on any atom is 0.253 e. The lowest BCUT2D eigenvalue weighted by atomic mass is 9.89. The first-order valence-corrected chi connectivity index (χ1v) is 8.22. The fourth-order valence-corrected chi connectivity index (χ4v) is 2.41. The molecule has 2 N–H and O–H groups in total. The van der Waals surface area contributed by atoms with Crippen LogP contribution in [0.25, 0.3) is 0 Å². The van der Waals surface area contributed by atoms with E-state index in [1.54, 1.807) is 29.2 Å². The van der Waals surface area contributed by atoms with Crippen LogP contribution in [0.5, 0.6) is 0 Å². The molecule has 5 nitrogen and oxygen atoms in total. The van der Waals surface area contributed by atoms with Crippen molar-refractivity contribution in [1.29, 1.82) is 0 Å². The third-order valence-electron chi connectivity index (χ3n) is 4.64. The number of carbonyl (C=O) groups excluding carboxylic acids is 2. The maximum absolute atomic E-state index is 12.4. The number of piperidine rings is 1. The molecule has 2 amide bonds. The summed E-state index contributed by atoms with van der Waals surface area (Å²) in [6, 6.07) is 7.00. The van der Waals surface area contributed by atoms with E-state index in [0.717, 1.165) is 6.42 Å². The van der Waals surface area contributed by atoms with Crippen molar-refractivity contribution in [1.82, 2.24) is 4.90 Å². The molecule has 1 aliphatic rings. The van der Waals surface area contributed by atoms with E-state index in [9.17, 15) is 14.7 Å². The molecule has 1 heterocycles. The highest BCUT2D eigenvalue weighted by atomic mass is 16.3. The molecule has 1 aromatic carbocycles. The Morgan fingerprint density at radius 3 is 2.30 bits per heavy atom. The molecular weight excluding hydrogens is 292 g/mol. The normalized spacial score (nSPS) is 16.3. The monoisotopic (exact) mass is 318 g/mol. The number of anilines is 1. The topological polar surface area (TPSA) is 69.6 Å². The van der Waals surface area contributed by atoms with Crippen molar-refractivity contribution >= 4 is 17.5 Å². The van der Waals surface area contributed by atoms with Gasteiger partial charge in [0.15, 0.2) is 0 Å². The number of amides is 2. The van der Waals surface area contributed by atoms with Crippen LogP contribution in [0.2, 0.25) is 0 Å². The zero-order valence-electron chi connectivity index (χ0n) is 14.1. The van der Waals surface area contributed by atoms with Crippen LogP contribution >= 0.6 is 0 Å². The average molecular weight is 318 g/mol. The molecule has 0 aliphatic carbocycles. The molecule has 126 valence electrons. The predicted octanol–water partition coefficient (Wildman–Crippen LogP) is 2.66. The van der Waals surface area contributed by atoms with Crippen LogP contribution in [0.1, 0.15) is 50.4 Å². The number of nitrogens with zero attached hydrogens (tertiary/aromatic N) is 1. The highest BCUT2D eigenvalue weighted by molar-refractivity contribution is 5.97. The number of nitrogens with one attached hydrogen (secondary N) is 1. The third kappa shape index (κ3) is 4.32. The van der Waals surface area contributed by atoms with Crippen LogP contribution < -0.4 is 5.32 Å². The lowest BCUT2D eigenvalue weighted by Gasteiger charge is -2.29. The molecule has 1 aliphatic heterocycles. The van der Waals surface area contributed by atoms with Gasteiger partial charge in [-0.3, -0.25) is 9.59 Å². The first kappa shape index (κ1) is 17.5. The van der Waals surface area contributed by atoms with Gasteiger partial charge in [0.25, 0.3) is 5.91 Å². The smallest absolute Gasteiger partial charge is 0.253 e. The fourth-order valence-electron chi connectivity index (χ4n) is 2.41. The number of rotatable bonds is 4. The molecule has 0 bridgehead atoms. The average Bonchev–Trinajstić information content (AvgIpc) is 2.55. The summed E-state index contributed by atoms with van der Waals surface area (Å²) in [5.41, 5.74) is 0.889. The Hall–Kier alpha value is -1.88. The van der Waals surface area contributed by atoms with E-state index in [1.165, 1.54) is 0 Å². The summed E-state index contributed by atoms with van der Waals surface area (Å²) in [6.45, 7) is 6.97. The van der Waals surface area contributed by atoms with Crippen LogP contribution in [0.4, 0.5) is 5.69 Å². The second-order valence-corrected chi connectivity index (χ2v) is 6.79. The van der Waals surface area contributed by atoms with E-state index in [-0.39, 0.29) is 17.9 Å². The SMILES string of the molecule is CCC(C)(C)C(=O)Nc1ccc(C(=O)N2CCC(O)CC2)cc1. The minimum atomic E-state index is -0.414. The maximum atomic E-state index is 12.4. The number of aliphatic hydroxyl groups is 1. The van der Waals surface area contributed by atoms with Gasteiger partial charge >= 0.3 is 0 Å². The molecule has 0 spiro atoms. The van der Waals surface area contributed by atoms with Crippen molar-refractivity contribution in [3.63, 3.8) is 0 Å². The van der Waals surface area contributed by atoms with Gasteiger partial charge in [0, 0.05) is 29.8 Å². The molecule has 5 heteroatoms. The number of likely N-dealkylation sites (tertiary alicyclic amines) is 1. The third-order valence-corrected chi connectivity index (χ3v) is 4.64. The standard InChI is InChI=1S/C18H26N2O3/c1-4-18(2,3)17(23)19-14-7-5-13(6-8-14)16(22)20-11-9-15(21)10-12-20/h5-8,15,21H,4,9-12H2,1-3H3,(H,19,23). The van der Waals surface area contributed by atoms with E-state index in [4.69, 9.17) is 0 Å². The molecular formula is C18H26N2O3. The fraction of sp³-hybridized carbons (Fsp3) is 0.556. The molecule has 0 aromatic heterocycles. The van der Waals surface area contributed by atoms with Crippen LogP contribution in [0.15, 0.2) is 24.3 Å². The quantitative estimate of drug-likeness (QED) is 0.896. The Balaban J connectivity index is 1.99. The predicted molar refractivity (Wildman–Crippen MR) is 90.3 cm³/mol. The second kappa shape index (κ2) is 7.13. The molecule has 0 saturated carbocycles. The number of benzene rings is 1. The molecule has 23 heavy (non-hydrogen) atoms. The summed E-state index contributed by atoms with van der Waals surface area (Å²) in [5, 5.41) is 12.4. The molecule has 0 unspecified atom stereocenters. The highest BCUT2D eigenvalue weighted by Gasteiger charge is 2.25. The van der Waals surface area contributed by atoms with Crippen molar-refractivity contribution in [2.75, 3.05) is 18.4 Å². The summed E-state index contributed by atoms with van der Waals surface area (Å²) in [5.74, 6) is -0.0484. The van der Waals surface area contributed by atoms with Crippen LogP contribution in [0, 0.1) is 5.41 Å². The molecule has 1 saturated heterocycles. The number of hydrogen-bond acceptors (Lipinski definition) is 3. The Labute approximate surface area is 137 Å². The van der Waals surface area contributed by atoms with Crippen molar-refractivity contribution < 1.29 is 14.7 Å². The van der Waals surface area contributed by atoms with Crippen LogP contribution in [-0.2, 0) is 4.79 Å². The Morgan fingerprint density at radius 1 is 1.22 bits per heavy atom. The molecule has 0 radical (unpaired) electrons. The Bertz CT molecular complexity index is 558. The van der Waals surface area contributed by atoms with Gasteiger partial charge in [0.2, 0.25) is 5.91 Å². The van der Waals surface area contributed by atoms with Gasteiger partial charge < -0.3 is 15.3 Å². The van der Waals surface area contributed by atoms with E-state index in [2.05, 4.69) is 5.32 Å². The van der Waals surface area contributed by atoms with Crippen molar-refractivity contribution in [3.8, 4) is 0 Å². The van der Waals surface area contributed by atoms with Crippen LogP contribution in [0.3, 0.4) is 0 Å². The lowest BCUT2D eigenvalue weighted by molar-refractivity contribution is -0.124. The summed E-state index contributed by atoms with van der Waals surface area (Å²) < 4.78 is 0. The summed E-state index contributed by atoms with van der Waals surface area (Å²) in [4.78, 5) is 26.3. The first-order valence-electron chi connectivity index (χ1n) is 8.22. The largest absolute Gasteiger partial charge is 0.393 e. The lowest BCUT2D eigenvalue weighted by Crippen LogP contribution is -2.40. The zero-order chi connectivity index (χ0) is 17.0. The molecule has 1 fully saturated rings. The van der Waals surface area contributed by atoms with Gasteiger partial charge in [0.1, 0.15) is 0 Å². The first-order chi connectivity index (χ1) is 10.8. The van der Waals surface area contributed by atoms with Crippen molar-refractivity contribution in [2.24, 2.45) is 5.41 Å². The van der Waals surface area contributed by atoms with Gasteiger partial charge in [-0.2, -0.15) is 0 Å². The van der Waals surface area contributed by atoms with Crippen molar-refractivity contribution in [2.45, 2.75) is 46.1 Å². The Morgan fingerprint density at radius 2 is 1.78 bits per heavy atom. The van der Waals surface area contributed by atoms with E-state index in [0.29, 0.717) is 37.2 Å². The number of aliphatic hydroxyl groups excluding tert-OH is 1.